The third kappa shape index (κ3) is 5.39. The van der Waals surface area contributed by atoms with E-state index in [9.17, 15) is 4.79 Å². The number of amides is 1. The van der Waals surface area contributed by atoms with E-state index in [0.29, 0.717) is 28.0 Å². The van der Waals surface area contributed by atoms with Crippen molar-refractivity contribution in [3.05, 3.63) is 52.0 Å². The molecule has 0 aliphatic carbocycles. The van der Waals surface area contributed by atoms with Crippen molar-refractivity contribution in [2.75, 3.05) is 26.1 Å². The summed E-state index contributed by atoms with van der Waals surface area (Å²) >= 11 is 6.15. The van der Waals surface area contributed by atoms with Gasteiger partial charge in [0.25, 0.3) is 5.91 Å². The lowest BCUT2D eigenvalue weighted by atomic mass is 9.98. The van der Waals surface area contributed by atoms with Gasteiger partial charge in [-0.05, 0) is 36.1 Å². The molecule has 0 bridgehead atoms. The molecule has 2 aromatic rings. The number of benzene rings is 2. The highest BCUT2D eigenvalue weighted by atomic mass is 35.5. The molecule has 0 saturated heterocycles. The Labute approximate surface area is 170 Å². The Kier molecular flexibility index (Phi) is 7.70. The number of aryl methyl sites for hydroxylation is 1. The van der Waals surface area contributed by atoms with Crippen LogP contribution >= 0.6 is 11.6 Å². The molecule has 0 saturated carbocycles. The largest absolute Gasteiger partial charge is 0.493 e. The van der Waals surface area contributed by atoms with E-state index in [1.54, 1.807) is 12.1 Å². The van der Waals surface area contributed by atoms with Crippen molar-refractivity contribution >= 4 is 29.4 Å². The second-order valence-corrected chi connectivity index (χ2v) is 6.90. The Hall–Kier alpha value is -2.73. The number of carbonyl (C=O) groups excluding carboxylic acids is 1. The van der Waals surface area contributed by atoms with Crippen molar-refractivity contribution in [3.63, 3.8) is 0 Å². The number of hydrogen-bond acceptors (Lipinski definition) is 5. The van der Waals surface area contributed by atoms with Gasteiger partial charge in [-0.15, -0.1) is 0 Å². The zero-order chi connectivity index (χ0) is 20.7. The quantitative estimate of drug-likeness (QED) is 0.507. The maximum atomic E-state index is 12.2. The number of nitrogens with one attached hydrogen (secondary N) is 1. The van der Waals surface area contributed by atoms with Crippen molar-refractivity contribution in [1.82, 2.24) is 0 Å². The molecule has 0 aliphatic rings. The van der Waals surface area contributed by atoms with Crippen LogP contribution in [0.15, 0.2) is 35.5 Å². The molecule has 0 radical (unpaired) electrons. The molecule has 0 spiro atoms. The number of methoxy groups -OCH3 is 2. The summed E-state index contributed by atoms with van der Waals surface area (Å²) in [4.78, 5) is 17.3. The Morgan fingerprint density at radius 2 is 2.00 bits per heavy atom. The smallest absolute Gasteiger partial charge is 0.265 e. The summed E-state index contributed by atoms with van der Waals surface area (Å²) in [5, 5.41) is 7.13. The van der Waals surface area contributed by atoms with Gasteiger partial charge in [0, 0.05) is 11.3 Å². The fourth-order valence-electron chi connectivity index (χ4n) is 2.72. The summed E-state index contributed by atoms with van der Waals surface area (Å²) in [6.45, 7) is 5.92. The van der Waals surface area contributed by atoms with Gasteiger partial charge in [0.1, 0.15) is 0 Å². The molecule has 28 heavy (non-hydrogen) atoms. The van der Waals surface area contributed by atoms with E-state index in [2.05, 4.69) is 24.3 Å². The van der Waals surface area contributed by atoms with Crippen molar-refractivity contribution in [3.8, 4) is 11.5 Å². The Balaban J connectivity index is 1.99. The summed E-state index contributed by atoms with van der Waals surface area (Å²) in [6.07, 6.45) is 1.45. The highest BCUT2D eigenvalue weighted by Gasteiger charge is 2.13. The van der Waals surface area contributed by atoms with E-state index < -0.39 is 0 Å². The Morgan fingerprint density at radius 1 is 1.25 bits per heavy atom. The number of para-hydroxylation sites is 1. The summed E-state index contributed by atoms with van der Waals surface area (Å²) in [7, 11) is 3.03. The van der Waals surface area contributed by atoms with Crippen molar-refractivity contribution < 1.29 is 19.1 Å². The van der Waals surface area contributed by atoms with Crippen LogP contribution in [0.2, 0.25) is 5.02 Å². The molecule has 0 atom stereocenters. The van der Waals surface area contributed by atoms with E-state index >= 15 is 0 Å². The maximum Gasteiger partial charge on any atom is 0.265 e. The van der Waals surface area contributed by atoms with E-state index in [4.69, 9.17) is 25.9 Å². The average molecular weight is 405 g/mol. The number of ether oxygens (including phenoxy) is 2. The third-order valence-corrected chi connectivity index (χ3v) is 4.40. The molecule has 1 amide bonds. The van der Waals surface area contributed by atoms with Crippen LogP contribution in [0.4, 0.5) is 5.69 Å². The molecule has 7 heteroatoms. The summed E-state index contributed by atoms with van der Waals surface area (Å²) < 4.78 is 10.4. The number of carbonyl (C=O) groups is 1. The molecule has 2 aromatic carbocycles. The van der Waals surface area contributed by atoms with Crippen LogP contribution in [0.1, 0.15) is 36.5 Å². The topological polar surface area (TPSA) is 69.2 Å². The lowest BCUT2D eigenvalue weighted by Crippen LogP contribution is -2.19. The number of oxime groups is 1. The first-order valence-electron chi connectivity index (χ1n) is 8.83. The minimum atomic E-state index is -0.279. The van der Waals surface area contributed by atoms with Gasteiger partial charge in [-0.2, -0.15) is 0 Å². The van der Waals surface area contributed by atoms with E-state index in [1.807, 2.05) is 25.1 Å². The molecule has 0 heterocycles. The average Bonchev–Trinajstić information content (AvgIpc) is 2.66. The third-order valence-electron chi connectivity index (χ3n) is 4.12. The molecular formula is C21H25ClN2O4. The molecule has 0 aromatic heterocycles. The Bertz CT molecular complexity index is 866. The fraction of sp³-hybridized carbons (Fsp3) is 0.333. The van der Waals surface area contributed by atoms with Gasteiger partial charge in [0.15, 0.2) is 18.1 Å². The number of rotatable bonds is 8. The predicted molar refractivity (Wildman–Crippen MR) is 112 cm³/mol. The second kappa shape index (κ2) is 9.99. The molecule has 1 N–H and O–H groups in total. The lowest BCUT2D eigenvalue weighted by Gasteiger charge is -2.16. The monoisotopic (exact) mass is 404 g/mol. The summed E-state index contributed by atoms with van der Waals surface area (Å²) in [5.41, 5.74) is 3.56. The Morgan fingerprint density at radius 3 is 2.64 bits per heavy atom. The predicted octanol–water partition coefficient (Wildman–Crippen LogP) is 4.78. The first kappa shape index (κ1) is 21.6. The standard InChI is InChI=1S/C21H25ClN2O4/c1-13(2)16-8-6-7-14(3)20(16)24-19(25)12-28-23-11-15-9-17(22)21(27-5)18(10-15)26-4/h6-11,13H,12H2,1-5H3,(H,24,25)/b23-11-. The first-order chi connectivity index (χ1) is 13.4. The van der Waals surface area contributed by atoms with E-state index in [1.165, 1.54) is 20.4 Å². The highest BCUT2D eigenvalue weighted by molar-refractivity contribution is 6.32. The number of nitrogens with zero attached hydrogens (tertiary/aromatic N) is 1. The van der Waals surface area contributed by atoms with Gasteiger partial charge in [-0.3, -0.25) is 4.79 Å². The van der Waals surface area contributed by atoms with Crippen LogP contribution in [0, 0.1) is 6.92 Å². The normalized spacial score (nSPS) is 11.0. The molecule has 0 aliphatic heterocycles. The van der Waals surface area contributed by atoms with Crippen LogP contribution in [0.3, 0.4) is 0 Å². The van der Waals surface area contributed by atoms with Crippen LogP contribution in [-0.2, 0) is 9.63 Å². The van der Waals surface area contributed by atoms with Crippen molar-refractivity contribution in [1.29, 1.82) is 0 Å². The molecule has 150 valence electrons. The zero-order valence-corrected chi connectivity index (χ0v) is 17.5. The molecule has 0 unspecified atom stereocenters. The van der Waals surface area contributed by atoms with Crippen LogP contribution in [0.5, 0.6) is 11.5 Å². The van der Waals surface area contributed by atoms with Gasteiger partial charge < -0.3 is 19.6 Å². The van der Waals surface area contributed by atoms with Crippen LogP contribution in [0.25, 0.3) is 0 Å². The van der Waals surface area contributed by atoms with Gasteiger partial charge in [0.2, 0.25) is 0 Å². The lowest BCUT2D eigenvalue weighted by molar-refractivity contribution is -0.120. The highest BCUT2D eigenvalue weighted by Crippen LogP contribution is 2.35. The second-order valence-electron chi connectivity index (χ2n) is 6.49. The van der Waals surface area contributed by atoms with Gasteiger partial charge in [-0.25, -0.2) is 0 Å². The number of halogens is 1. The number of anilines is 1. The van der Waals surface area contributed by atoms with Gasteiger partial charge in [0.05, 0.1) is 25.5 Å². The van der Waals surface area contributed by atoms with Crippen LogP contribution < -0.4 is 14.8 Å². The van der Waals surface area contributed by atoms with Crippen LogP contribution in [-0.4, -0.2) is 32.9 Å². The first-order valence-corrected chi connectivity index (χ1v) is 9.21. The summed E-state index contributed by atoms with van der Waals surface area (Å²) in [5.74, 6) is 0.943. The zero-order valence-electron chi connectivity index (χ0n) is 16.7. The summed E-state index contributed by atoms with van der Waals surface area (Å²) in [6, 6.07) is 9.32. The van der Waals surface area contributed by atoms with Crippen molar-refractivity contribution in [2.45, 2.75) is 26.7 Å². The molecular weight excluding hydrogens is 380 g/mol. The van der Waals surface area contributed by atoms with Crippen molar-refractivity contribution in [2.24, 2.45) is 5.16 Å². The molecule has 2 rings (SSSR count). The maximum absolute atomic E-state index is 12.2. The van der Waals surface area contributed by atoms with Gasteiger partial charge >= 0.3 is 0 Å². The fourth-order valence-corrected chi connectivity index (χ4v) is 3.02. The van der Waals surface area contributed by atoms with E-state index in [-0.39, 0.29) is 12.5 Å². The van der Waals surface area contributed by atoms with Gasteiger partial charge in [-0.1, -0.05) is 48.8 Å². The molecule has 0 fully saturated rings. The SMILES string of the molecule is COc1cc(/C=N\OCC(=O)Nc2c(C)cccc2C(C)C)cc(Cl)c1OC. The molecule has 6 nitrogen and oxygen atoms in total. The number of hydrogen-bond donors (Lipinski definition) is 1. The minimum absolute atomic E-state index is 0.205. The minimum Gasteiger partial charge on any atom is -0.493 e. The van der Waals surface area contributed by atoms with E-state index in [0.717, 1.165) is 16.8 Å².